The number of allylic oxidation sites excluding steroid dienone is 1. The Morgan fingerprint density at radius 2 is 2.21 bits per heavy atom. The molecule has 3 N–H and O–H groups in total. The Kier molecular flexibility index (Phi) is 5.79. The average molecular weight is 372 g/mol. The van der Waals surface area contributed by atoms with Gasteiger partial charge in [0.25, 0.3) is 0 Å². The van der Waals surface area contributed by atoms with E-state index in [1.165, 1.54) is 0 Å². The predicted molar refractivity (Wildman–Crippen MR) is 78.1 cm³/mol. The zero-order valence-electron chi connectivity index (χ0n) is 10.1. The third-order valence-corrected chi connectivity index (χ3v) is 5.13. The Bertz CT molecular complexity index is 605. The number of nitrogens with two attached hydrogens (primary N) is 1. The lowest BCUT2D eigenvalue weighted by atomic mass is 10.3. The molecule has 1 aromatic rings. The number of nitrogen functional groups attached to an aromatic ring is 1. The number of hydrogen-bond donors (Lipinski definition) is 2. The maximum absolute atomic E-state index is 13.9. The van der Waals surface area contributed by atoms with E-state index in [1.807, 2.05) is 6.92 Å². The Hall–Kier alpha value is -0.630. The van der Waals surface area contributed by atoms with Crippen molar-refractivity contribution in [1.29, 1.82) is 0 Å². The van der Waals surface area contributed by atoms with Crippen molar-refractivity contribution in [3.63, 3.8) is 0 Å². The van der Waals surface area contributed by atoms with Gasteiger partial charge in [0.1, 0.15) is 4.90 Å². The van der Waals surface area contributed by atoms with Gasteiger partial charge in [-0.15, -0.1) is 0 Å². The molecule has 0 radical (unpaired) electrons. The van der Waals surface area contributed by atoms with E-state index >= 15 is 0 Å². The molecule has 4 nitrogen and oxygen atoms in total. The standard InChI is InChI=1S/C11H13BrClFN2O2S/c1-2-3-4-5-16-19(17,18)8-6-7(13)9(12)11(15)10(8)14/h2-3,6,16H,4-5,15H2,1H3/b3-2+. The van der Waals surface area contributed by atoms with Crippen molar-refractivity contribution in [2.75, 3.05) is 12.3 Å². The summed E-state index contributed by atoms with van der Waals surface area (Å²) in [6, 6.07) is 1.02. The molecule has 8 heteroatoms. The van der Waals surface area contributed by atoms with Crippen LogP contribution in [0.5, 0.6) is 0 Å². The first-order valence-electron chi connectivity index (χ1n) is 5.35. The van der Waals surface area contributed by atoms with Crippen LogP contribution in [0.2, 0.25) is 5.02 Å². The molecule has 0 amide bonds. The van der Waals surface area contributed by atoms with Crippen molar-refractivity contribution in [1.82, 2.24) is 4.72 Å². The zero-order chi connectivity index (χ0) is 14.6. The van der Waals surface area contributed by atoms with E-state index in [-0.39, 0.29) is 21.7 Å². The number of halogens is 3. The minimum Gasteiger partial charge on any atom is -0.395 e. The van der Waals surface area contributed by atoms with E-state index < -0.39 is 20.7 Å². The van der Waals surface area contributed by atoms with Gasteiger partial charge in [-0.05, 0) is 35.3 Å². The predicted octanol–water partition coefficient (Wildman–Crippen LogP) is 3.07. The van der Waals surface area contributed by atoms with E-state index in [0.717, 1.165) is 6.07 Å². The molecule has 0 aromatic heterocycles. The van der Waals surface area contributed by atoms with Gasteiger partial charge in [0, 0.05) is 6.54 Å². The van der Waals surface area contributed by atoms with Crippen LogP contribution in [0.25, 0.3) is 0 Å². The maximum atomic E-state index is 13.9. The molecule has 0 bridgehead atoms. The molecule has 1 rings (SSSR count). The molecule has 0 spiro atoms. The first kappa shape index (κ1) is 16.4. The van der Waals surface area contributed by atoms with Crippen molar-refractivity contribution in [3.05, 3.63) is 33.5 Å². The third kappa shape index (κ3) is 3.92. The number of benzene rings is 1. The van der Waals surface area contributed by atoms with Crippen LogP contribution >= 0.6 is 27.5 Å². The summed E-state index contributed by atoms with van der Waals surface area (Å²) in [6.45, 7) is 1.99. The van der Waals surface area contributed by atoms with Crippen LogP contribution in [0, 0.1) is 5.82 Å². The molecule has 19 heavy (non-hydrogen) atoms. The fraction of sp³-hybridized carbons (Fsp3) is 0.273. The lowest BCUT2D eigenvalue weighted by molar-refractivity contribution is 0.559. The molecule has 1 aromatic carbocycles. The van der Waals surface area contributed by atoms with Gasteiger partial charge in [-0.25, -0.2) is 17.5 Å². The highest BCUT2D eigenvalue weighted by Gasteiger charge is 2.23. The van der Waals surface area contributed by atoms with Crippen LogP contribution in [0.4, 0.5) is 10.1 Å². The van der Waals surface area contributed by atoms with E-state index in [0.29, 0.717) is 6.42 Å². The summed E-state index contributed by atoms with van der Waals surface area (Å²) in [5, 5.41) is 0.0349. The Morgan fingerprint density at radius 3 is 2.79 bits per heavy atom. The van der Waals surface area contributed by atoms with Crippen LogP contribution < -0.4 is 10.5 Å². The Labute approximate surface area is 125 Å². The van der Waals surface area contributed by atoms with Gasteiger partial charge in [0.15, 0.2) is 5.82 Å². The normalized spacial score (nSPS) is 12.2. The topological polar surface area (TPSA) is 72.2 Å². The minimum absolute atomic E-state index is 0.0349. The molecule has 0 aliphatic heterocycles. The fourth-order valence-electron chi connectivity index (χ4n) is 1.32. The lowest BCUT2D eigenvalue weighted by Gasteiger charge is -2.10. The molecule has 0 aliphatic rings. The number of sulfonamides is 1. The first-order valence-corrected chi connectivity index (χ1v) is 8.00. The van der Waals surface area contributed by atoms with Gasteiger partial charge in [0.05, 0.1) is 15.2 Å². The first-order chi connectivity index (χ1) is 8.81. The largest absolute Gasteiger partial charge is 0.395 e. The maximum Gasteiger partial charge on any atom is 0.243 e. The van der Waals surface area contributed by atoms with Crippen molar-refractivity contribution < 1.29 is 12.8 Å². The van der Waals surface area contributed by atoms with E-state index in [9.17, 15) is 12.8 Å². The second kappa shape index (κ2) is 6.69. The lowest BCUT2D eigenvalue weighted by Crippen LogP contribution is -2.25. The average Bonchev–Trinajstić information content (AvgIpc) is 2.36. The summed E-state index contributed by atoms with van der Waals surface area (Å²) in [5.74, 6) is -1.02. The number of hydrogen-bond acceptors (Lipinski definition) is 3. The van der Waals surface area contributed by atoms with Crippen LogP contribution in [-0.2, 0) is 10.0 Å². The summed E-state index contributed by atoms with van der Waals surface area (Å²) in [6.07, 6.45) is 4.10. The molecular formula is C11H13BrClFN2O2S. The summed E-state index contributed by atoms with van der Waals surface area (Å²) < 4.78 is 40.1. The van der Waals surface area contributed by atoms with Crippen molar-refractivity contribution >= 4 is 43.2 Å². The molecule has 0 aliphatic carbocycles. The van der Waals surface area contributed by atoms with Gasteiger partial charge in [-0.2, -0.15) is 0 Å². The van der Waals surface area contributed by atoms with Crippen molar-refractivity contribution in [2.24, 2.45) is 0 Å². The molecule has 0 fully saturated rings. The number of nitrogens with one attached hydrogen (secondary N) is 1. The highest BCUT2D eigenvalue weighted by Crippen LogP contribution is 2.34. The highest BCUT2D eigenvalue weighted by molar-refractivity contribution is 9.10. The monoisotopic (exact) mass is 370 g/mol. The summed E-state index contributed by atoms with van der Waals surface area (Å²) in [5.41, 5.74) is 5.11. The Morgan fingerprint density at radius 1 is 1.58 bits per heavy atom. The van der Waals surface area contributed by atoms with Gasteiger partial charge in [0.2, 0.25) is 10.0 Å². The van der Waals surface area contributed by atoms with Gasteiger partial charge in [-0.3, -0.25) is 0 Å². The molecule has 0 saturated carbocycles. The fourth-order valence-corrected chi connectivity index (χ4v) is 3.04. The van der Waals surface area contributed by atoms with Crippen LogP contribution in [-0.4, -0.2) is 15.0 Å². The molecule has 0 heterocycles. The van der Waals surface area contributed by atoms with E-state index in [4.69, 9.17) is 17.3 Å². The van der Waals surface area contributed by atoms with Gasteiger partial charge < -0.3 is 5.73 Å². The van der Waals surface area contributed by atoms with Crippen molar-refractivity contribution in [3.8, 4) is 0 Å². The zero-order valence-corrected chi connectivity index (χ0v) is 13.2. The second-order valence-corrected chi connectivity index (χ2v) is 6.59. The quantitative estimate of drug-likeness (QED) is 0.362. The van der Waals surface area contributed by atoms with Crippen molar-refractivity contribution in [2.45, 2.75) is 18.2 Å². The minimum atomic E-state index is -3.98. The summed E-state index contributed by atoms with van der Waals surface area (Å²) in [7, 11) is -3.98. The molecule has 0 saturated heterocycles. The van der Waals surface area contributed by atoms with Crippen LogP contribution in [0.1, 0.15) is 13.3 Å². The summed E-state index contributed by atoms with van der Waals surface area (Å²) in [4.78, 5) is -0.557. The Balaban J connectivity index is 3.08. The van der Waals surface area contributed by atoms with Crippen LogP contribution in [0.3, 0.4) is 0 Å². The van der Waals surface area contributed by atoms with E-state index in [2.05, 4.69) is 20.7 Å². The number of anilines is 1. The third-order valence-electron chi connectivity index (χ3n) is 2.29. The molecule has 0 atom stereocenters. The molecule has 0 unspecified atom stereocenters. The SMILES string of the molecule is C/C=C/CCNS(=O)(=O)c1cc(Cl)c(Br)c(N)c1F. The molecular weight excluding hydrogens is 359 g/mol. The highest BCUT2D eigenvalue weighted by atomic mass is 79.9. The van der Waals surface area contributed by atoms with Crippen LogP contribution in [0.15, 0.2) is 27.6 Å². The number of rotatable bonds is 5. The van der Waals surface area contributed by atoms with E-state index in [1.54, 1.807) is 12.2 Å². The molecule has 106 valence electrons. The second-order valence-electron chi connectivity index (χ2n) is 3.65. The summed E-state index contributed by atoms with van der Waals surface area (Å²) >= 11 is 8.77. The van der Waals surface area contributed by atoms with Gasteiger partial charge in [-0.1, -0.05) is 23.8 Å². The van der Waals surface area contributed by atoms with Gasteiger partial charge >= 0.3 is 0 Å². The smallest absolute Gasteiger partial charge is 0.243 e.